The minimum absolute atomic E-state index is 0.141. The van der Waals surface area contributed by atoms with Gasteiger partial charge in [-0.1, -0.05) is 35.9 Å². The van der Waals surface area contributed by atoms with E-state index in [0.717, 1.165) is 14.9 Å². The van der Waals surface area contributed by atoms with Crippen molar-refractivity contribution in [2.45, 2.75) is 11.8 Å². The molecule has 0 aliphatic carbocycles. The van der Waals surface area contributed by atoms with Crippen molar-refractivity contribution in [1.29, 1.82) is 5.26 Å². The molecule has 0 aliphatic heterocycles. The van der Waals surface area contributed by atoms with Gasteiger partial charge in [0.2, 0.25) is 0 Å². The van der Waals surface area contributed by atoms with Crippen molar-refractivity contribution in [3.05, 3.63) is 63.4 Å². The lowest BCUT2D eigenvalue weighted by Gasteiger charge is -2.09. The average molecular weight is 422 g/mol. The van der Waals surface area contributed by atoms with Crippen molar-refractivity contribution < 1.29 is 8.42 Å². The number of aromatic nitrogens is 1. The number of hydrogen-bond donors (Lipinski definition) is 0. The third-order valence-corrected chi connectivity index (χ3v) is 6.26. The van der Waals surface area contributed by atoms with Gasteiger partial charge in [-0.25, -0.2) is 12.4 Å². The first-order valence-electron chi connectivity index (χ1n) is 6.48. The molecule has 6 heteroatoms. The topological polar surface area (TPSA) is 62.9 Å². The van der Waals surface area contributed by atoms with Crippen LogP contribution in [0.25, 0.3) is 10.9 Å². The molecule has 0 saturated heterocycles. The lowest BCUT2D eigenvalue weighted by Crippen LogP contribution is -2.14. The van der Waals surface area contributed by atoms with E-state index in [0.29, 0.717) is 9.09 Å². The van der Waals surface area contributed by atoms with Gasteiger partial charge in [-0.2, -0.15) is 5.26 Å². The summed E-state index contributed by atoms with van der Waals surface area (Å²) < 4.78 is 27.7. The number of nitriles is 1. The Balaban J connectivity index is 2.39. The Morgan fingerprint density at radius 2 is 1.73 bits per heavy atom. The van der Waals surface area contributed by atoms with Crippen molar-refractivity contribution in [3.63, 3.8) is 0 Å². The van der Waals surface area contributed by atoms with E-state index in [1.54, 1.807) is 36.4 Å². The van der Waals surface area contributed by atoms with Gasteiger partial charge in [-0.05, 0) is 47.7 Å². The number of benzene rings is 2. The molecule has 3 rings (SSSR count). The zero-order chi connectivity index (χ0) is 15.9. The van der Waals surface area contributed by atoms with E-state index in [1.165, 1.54) is 0 Å². The molecule has 1 heterocycles. The van der Waals surface area contributed by atoms with Gasteiger partial charge in [0.25, 0.3) is 10.0 Å². The Morgan fingerprint density at radius 1 is 1.09 bits per heavy atom. The largest absolute Gasteiger partial charge is 0.269 e. The van der Waals surface area contributed by atoms with Crippen LogP contribution in [-0.4, -0.2) is 12.4 Å². The van der Waals surface area contributed by atoms with Gasteiger partial charge in [-0.15, -0.1) is 0 Å². The fraction of sp³-hybridized carbons (Fsp3) is 0.0625. The summed E-state index contributed by atoms with van der Waals surface area (Å²) in [4.78, 5) is 0.173. The molecule has 0 spiro atoms. The average Bonchev–Trinajstić information content (AvgIpc) is 2.81. The van der Waals surface area contributed by atoms with E-state index in [4.69, 9.17) is 0 Å². The van der Waals surface area contributed by atoms with Crippen LogP contribution in [0, 0.1) is 21.8 Å². The highest BCUT2D eigenvalue weighted by molar-refractivity contribution is 14.1. The Labute approximate surface area is 142 Å². The summed E-state index contributed by atoms with van der Waals surface area (Å²) in [5.41, 5.74) is 1.64. The molecule has 3 aromatic rings. The highest BCUT2D eigenvalue weighted by atomic mass is 127. The lowest BCUT2D eigenvalue weighted by molar-refractivity contribution is 0.588. The lowest BCUT2D eigenvalue weighted by atomic mass is 10.2. The van der Waals surface area contributed by atoms with E-state index in [1.807, 2.05) is 47.7 Å². The van der Waals surface area contributed by atoms with Crippen LogP contribution in [0.1, 0.15) is 11.3 Å². The number of aryl methyl sites for hydroxylation is 1. The zero-order valence-electron chi connectivity index (χ0n) is 11.6. The molecular formula is C16H11IN2O2S. The first-order chi connectivity index (χ1) is 10.5. The molecule has 0 atom stereocenters. The molecule has 22 heavy (non-hydrogen) atoms. The highest BCUT2D eigenvalue weighted by Gasteiger charge is 2.25. The molecule has 0 aliphatic rings. The summed E-state index contributed by atoms with van der Waals surface area (Å²) in [5, 5.41) is 10.2. The number of halogens is 1. The molecule has 0 amide bonds. The van der Waals surface area contributed by atoms with Crippen LogP contribution in [0.3, 0.4) is 0 Å². The number of hydrogen-bond acceptors (Lipinski definition) is 3. The summed E-state index contributed by atoms with van der Waals surface area (Å²) in [6.45, 7) is 1.89. The van der Waals surface area contributed by atoms with Gasteiger partial charge in [0.05, 0.1) is 14.0 Å². The van der Waals surface area contributed by atoms with Gasteiger partial charge < -0.3 is 0 Å². The predicted octanol–water partition coefficient (Wildman–Crippen LogP) is 3.66. The Morgan fingerprint density at radius 3 is 2.36 bits per heavy atom. The van der Waals surface area contributed by atoms with Gasteiger partial charge in [0, 0.05) is 5.39 Å². The van der Waals surface area contributed by atoms with Crippen LogP contribution in [0.4, 0.5) is 0 Å². The summed E-state index contributed by atoms with van der Waals surface area (Å²) in [6.07, 6.45) is 0. The highest BCUT2D eigenvalue weighted by Crippen LogP contribution is 2.30. The maximum absolute atomic E-state index is 13.0. The second-order valence-electron chi connectivity index (χ2n) is 4.87. The number of nitrogens with zero attached hydrogens (tertiary/aromatic N) is 2. The third kappa shape index (κ3) is 2.21. The number of rotatable bonds is 2. The SMILES string of the molecule is Cc1ccc(S(=O)(=O)n2c(C#N)c(I)c3ccccc32)cc1. The standard InChI is InChI=1S/C16H11IN2O2S/c1-11-6-8-12(9-7-11)22(20,21)19-14-5-3-2-4-13(14)16(17)15(19)10-18/h2-9H,1H3. The van der Waals surface area contributed by atoms with Gasteiger partial charge >= 0.3 is 0 Å². The molecule has 0 N–H and O–H groups in total. The molecule has 1 aromatic heterocycles. The number of fused-ring (bicyclic) bond motifs is 1. The predicted molar refractivity (Wildman–Crippen MR) is 93.1 cm³/mol. The first-order valence-corrected chi connectivity index (χ1v) is 9.00. The van der Waals surface area contributed by atoms with E-state index in [9.17, 15) is 13.7 Å². The van der Waals surface area contributed by atoms with Crippen molar-refractivity contribution in [3.8, 4) is 6.07 Å². The Kier molecular flexibility index (Phi) is 3.70. The summed E-state index contributed by atoms with van der Waals surface area (Å²) in [7, 11) is -3.81. The number of para-hydroxylation sites is 1. The molecule has 0 radical (unpaired) electrons. The normalized spacial score (nSPS) is 11.5. The van der Waals surface area contributed by atoms with Crippen molar-refractivity contribution in [2.75, 3.05) is 0 Å². The van der Waals surface area contributed by atoms with E-state index >= 15 is 0 Å². The van der Waals surface area contributed by atoms with Crippen LogP contribution in [0.5, 0.6) is 0 Å². The molecular weight excluding hydrogens is 411 g/mol. The molecule has 0 bridgehead atoms. The molecule has 0 unspecified atom stereocenters. The maximum Gasteiger partial charge on any atom is 0.269 e. The fourth-order valence-corrected chi connectivity index (χ4v) is 4.80. The van der Waals surface area contributed by atoms with Crippen molar-refractivity contribution in [2.24, 2.45) is 0 Å². The molecule has 0 saturated carbocycles. The smallest absolute Gasteiger partial charge is 0.223 e. The molecule has 4 nitrogen and oxygen atoms in total. The van der Waals surface area contributed by atoms with Gasteiger partial charge in [0.1, 0.15) is 11.8 Å². The van der Waals surface area contributed by atoms with Gasteiger partial charge in [-0.3, -0.25) is 0 Å². The second-order valence-corrected chi connectivity index (χ2v) is 7.74. The van der Waals surface area contributed by atoms with E-state index in [2.05, 4.69) is 0 Å². The third-order valence-electron chi connectivity index (χ3n) is 3.44. The minimum Gasteiger partial charge on any atom is -0.223 e. The van der Waals surface area contributed by atoms with Gasteiger partial charge in [0.15, 0.2) is 0 Å². The van der Waals surface area contributed by atoms with E-state index in [-0.39, 0.29) is 10.6 Å². The first kappa shape index (κ1) is 15.1. The Bertz CT molecular complexity index is 1010. The van der Waals surface area contributed by atoms with Crippen LogP contribution >= 0.6 is 22.6 Å². The van der Waals surface area contributed by atoms with Crippen LogP contribution in [0.2, 0.25) is 0 Å². The fourth-order valence-electron chi connectivity index (χ4n) is 2.33. The van der Waals surface area contributed by atoms with E-state index < -0.39 is 10.0 Å². The minimum atomic E-state index is -3.81. The summed E-state index contributed by atoms with van der Waals surface area (Å²) >= 11 is 2.02. The molecule has 110 valence electrons. The van der Waals surface area contributed by atoms with Crippen molar-refractivity contribution in [1.82, 2.24) is 3.97 Å². The molecule has 2 aromatic carbocycles. The monoisotopic (exact) mass is 422 g/mol. The second kappa shape index (κ2) is 5.41. The van der Waals surface area contributed by atoms with Crippen LogP contribution in [0.15, 0.2) is 53.4 Å². The summed E-state index contributed by atoms with van der Waals surface area (Å²) in [5.74, 6) is 0. The van der Waals surface area contributed by atoms with Crippen LogP contribution < -0.4 is 0 Å². The molecule has 0 fully saturated rings. The maximum atomic E-state index is 13.0. The van der Waals surface area contributed by atoms with Crippen molar-refractivity contribution >= 4 is 43.5 Å². The van der Waals surface area contributed by atoms with Crippen LogP contribution in [-0.2, 0) is 10.0 Å². The summed E-state index contributed by atoms with van der Waals surface area (Å²) in [6, 6.07) is 15.8. The quantitative estimate of drug-likeness (QED) is 0.593. The Hall–Kier alpha value is -1.85. The zero-order valence-corrected chi connectivity index (χ0v) is 14.6.